The summed E-state index contributed by atoms with van der Waals surface area (Å²) < 4.78 is 13.1. The molecule has 0 aliphatic carbocycles. The van der Waals surface area contributed by atoms with Gasteiger partial charge in [-0.05, 0) is 49.4 Å². The molecular weight excluding hydrogens is 305 g/mol. The van der Waals surface area contributed by atoms with Crippen LogP contribution in [0.2, 0.25) is 0 Å². The minimum atomic E-state index is -0.205. The van der Waals surface area contributed by atoms with Gasteiger partial charge in [0.15, 0.2) is 0 Å². The molecule has 1 saturated heterocycles. The number of benzene rings is 1. The molecule has 24 heavy (non-hydrogen) atoms. The lowest BCUT2D eigenvalue weighted by Crippen LogP contribution is -2.53. The molecular formula is C19H30FN3O. The van der Waals surface area contributed by atoms with E-state index in [9.17, 15) is 9.18 Å². The van der Waals surface area contributed by atoms with Crippen molar-refractivity contribution in [3.8, 4) is 0 Å². The first kappa shape index (κ1) is 18.7. The Hall–Kier alpha value is -1.62. The summed E-state index contributed by atoms with van der Waals surface area (Å²) in [5.41, 5.74) is 0.971. The number of carbonyl (C=O) groups excluding carboxylic acids is 1. The van der Waals surface area contributed by atoms with Gasteiger partial charge in [-0.15, -0.1) is 0 Å². The fourth-order valence-electron chi connectivity index (χ4n) is 3.54. The lowest BCUT2D eigenvalue weighted by Gasteiger charge is -2.40. The molecule has 1 aliphatic rings. The number of likely N-dealkylation sites (tertiary alicyclic amines) is 1. The Balaban J connectivity index is 1.72. The van der Waals surface area contributed by atoms with Crippen molar-refractivity contribution >= 4 is 6.03 Å². The summed E-state index contributed by atoms with van der Waals surface area (Å²) in [4.78, 5) is 16.6. The zero-order valence-electron chi connectivity index (χ0n) is 15.1. The summed E-state index contributed by atoms with van der Waals surface area (Å²) in [6, 6.07) is 6.94. The smallest absolute Gasteiger partial charge is 0.317 e. The summed E-state index contributed by atoms with van der Waals surface area (Å²) in [6.07, 6.45) is 2.61. The molecule has 0 saturated carbocycles. The number of aryl methyl sites for hydroxylation is 1. The van der Waals surface area contributed by atoms with Crippen molar-refractivity contribution in [3.63, 3.8) is 0 Å². The Kier molecular flexibility index (Phi) is 7.03. The maximum absolute atomic E-state index is 13.1. The maximum Gasteiger partial charge on any atom is 0.317 e. The minimum absolute atomic E-state index is 0.00367. The first-order valence-corrected chi connectivity index (χ1v) is 8.98. The summed E-state index contributed by atoms with van der Waals surface area (Å²) in [5.74, 6) is 0.283. The van der Waals surface area contributed by atoms with Crippen molar-refractivity contribution in [2.24, 2.45) is 5.92 Å². The van der Waals surface area contributed by atoms with E-state index in [2.05, 4.69) is 24.1 Å². The number of nitrogens with one attached hydrogen (secondary N) is 1. The Morgan fingerprint density at radius 2 is 2.25 bits per heavy atom. The van der Waals surface area contributed by atoms with Crippen molar-refractivity contribution in [3.05, 3.63) is 35.6 Å². The lowest BCUT2D eigenvalue weighted by molar-refractivity contribution is 0.0964. The third-order valence-electron chi connectivity index (χ3n) is 5.02. The number of urea groups is 1. The van der Waals surface area contributed by atoms with Gasteiger partial charge in [0, 0.05) is 32.7 Å². The number of halogens is 1. The van der Waals surface area contributed by atoms with Crippen molar-refractivity contribution in [1.82, 2.24) is 15.1 Å². The third kappa shape index (κ3) is 5.20. The van der Waals surface area contributed by atoms with Gasteiger partial charge in [-0.1, -0.05) is 26.0 Å². The van der Waals surface area contributed by atoms with Crippen LogP contribution < -0.4 is 5.32 Å². The highest BCUT2D eigenvalue weighted by Gasteiger charge is 2.30. The van der Waals surface area contributed by atoms with Crippen LogP contribution in [0.5, 0.6) is 0 Å². The quantitative estimate of drug-likeness (QED) is 0.811. The second-order valence-electron chi connectivity index (χ2n) is 6.80. The van der Waals surface area contributed by atoms with E-state index < -0.39 is 0 Å². The van der Waals surface area contributed by atoms with Gasteiger partial charge < -0.3 is 15.1 Å². The van der Waals surface area contributed by atoms with Crippen molar-refractivity contribution in [1.29, 1.82) is 0 Å². The molecule has 4 nitrogen and oxygen atoms in total. The molecule has 5 heteroatoms. The van der Waals surface area contributed by atoms with Gasteiger partial charge in [0.1, 0.15) is 5.82 Å². The van der Waals surface area contributed by atoms with Crippen LogP contribution in [0, 0.1) is 11.7 Å². The largest absolute Gasteiger partial charge is 0.338 e. The SMILES string of the molecule is CCN1CC[C@@H](N(C)C(=O)NCCCc2cccc(F)c2)[C@@H](C)C1. The normalized spacial score (nSPS) is 21.5. The van der Waals surface area contributed by atoms with Crippen LogP contribution in [0.4, 0.5) is 9.18 Å². The molecule has 1 heterocycles. The molecule has 0 bridgehead atoms. The van der Waals surface area contributed by atoms with Crippen LogP contribution in [0.1, 0.15) is 32.3 Å². The monoisotopic (exact) mass is 335 g/mol. The van der Waals surface area contributed by atoms with Gasteiger partial charge in [-0.3, -0.25) is 0 Å². The molecule has 0 aromatic heterocycles. The van der Waals surface area contributed by atoms with Gasteiger partial charge in [0.05, 0.1) is 0 Å². The fraction of sp³-hybridized carbons (Fsp3) is 0.632. The van der Waals surface area contributed by atoms with Crippen LogP contribution >= 0.6 is 0 Å². The van der Waals surface area contributed by atoms with E-state index in [0.29, 0.717) is 18.5 Å². The van der Waals surface area contributed by atoms with Crippen LogP contribution in [0.25, 0.3) is 0 Å². The van der Waals surface area contributed by atoms with E-state index in [4.69, 9.17) is 0 Å². The van der Waals surface area contributed by atoms with Gasteiger partial charge >= 0.3 is 6.03 Å². The number of piperidine rings is 1. The zero-order valence-corrected chi connectivity index (χ0v) is 15.1. The second-order valence-corrected chi connectivity index (χ2v) is 6.80. The lowest BCUT2D eigenvalue weighted by atomic mass is 9.93. The summed E-state index contributed by atoms with van der Waals surface area (Å²) in [7, 11) is 1.89. The van der Waals surface area contributed by atoms with E-state index in [1.165, 1.54) is 6.07 Å². The summed E-state index contributed by atoms with van der Waals surface area (Å²) in [6.45, 7) is 8.21. The average molecular weight is 335 g/mol. The first-order valence-electron chi connectivity index (χ1n) is 8.98. The van der Waals surface area contributed by atoms with E-state index in [0.717, 1.165) is 44.5 Å². The average Bonchev–Trinajstić information content (AvgIpc) is 2.58. The molecule has 0 spiro atoms. The Morgan fingerprint density at radius 3 is 2.92 bits per heavy atom. The molecule has 1 aromatic carbocycles. The van der Waals surface area contributed by atoms with Gasteiger partial charge in [-0.25, -0.2) is 9.18 Å². The van der Waals surface area contributed by atoms with E-state index >= 15 is 0 Å². The zero-order chi connectivity index (χ0) is 17.5. The van der Waals surface area contributed by atoms with Crippen molar-refractivity contribution in [2.75, 3.05) is 33.2 Å². The highest BCUT2D eigenvalue weighted by molar-refractivity contribution is 5.74. The number of hydrogen-bond acceptors (Lipinski definition) is 2. The Bertz CT molecular complexity index is 537. The molecule has 1 N–H and O–H groups in total. The number of carbonyl (C=O) groups is 1. The highest BCUT2D eigenvalue weighted by Crippen LogP contribution is 2.21. The minimum Gasteiger partial charge on any atom is -0.338 e. The predicted molar refractivity (Wildman–Crippen MR) is 95.6 cm³/mol. The highest BCUT2D eigenvalue weighted by atomic mass is 19.1. The van der Waals surface area contributed by atoms with Gasteiger partial charge in [0.25, 0.3) is 0 Å². The van der Waals surface area contributed by atoms with E-state index in [1.54, 1.807) is 12.1 Å². The number of rotatable bonds is 6. The van der Waals surface area contributed by atoms with E-state index in [1.807, 2.05) is 18.0 Å². The molecule has 1 fully saturated rings. The maximum atomic E-state index is 13.1. The van der Waals surface area contributed by atoms with Gasteiger partial charge in [-0.2, -0.15) is 0 Å². The molecule has 0 unspecified atom stereocenters. The summed E-state index contributed by atoms with van der Waals surface area (Å²) in [5, 5.41) is 2.99. The Morgan fingerprint density at radius 1 is 1.46 bits per heavy atom. The van der Waals surface area contributed by atoms with Crippen molar-refractivity contribution < 1.29 is 9.18 Å². The van der Waals surface area contributed by atoms with Crippen LogP contribution in [-0.4, -0.2) is 55.1 Å². The fourth-order valence-corrected chi connectivity index (χ4v) is 3.54. The molecule has 1 aliphatic heterocycles. The van der Waals surface area contributed by atoms with E-state index in [-0.39, 0.29) is 11.8 Å². The summed E-state index contributed by atoms with van der Waals surface area (Å²) >= 11 is 0. The molecule has 2 atom stereocenters. The first-order chi connectivity index (χ1) is 11.5. The Labute approximate surface area is 145 Å². The standard InChI is InChI=1S/C19H30FN3O/c1-4-23-12-10-18(15(2)14-23)22(3)19(24)21-11-6-8-16-7-5-9-17(20)13-16/h5,7,9,13,15,18H,4,6,8,10-12,14H2,1-3H3,(H,21,24)/t15-,18+/m0/s1. The molecule has 0 radical (unpaired) electrons. The number of hydrogen-bond donors (Lipinski definition) is 1. The number of amides is 2. The van der Waals surface area contributed by atoms with Gasteiger partial charge in [0.2, 0.25) is 0 Å². The predicted octanol–water partition coefficient (Wildman–Crippen LogP) is 3.13. The molecule has 134 valence electrons. The number of nitrogens with zero attached hydrogens (tertiary/aromatic N) is 2. The molecule has 1 aromatic rings. The topological polar surface area (TPSA) is 35.6 Å². The molecule has 2 amide bonds. The third-order valence-corrected chi connectivity index (χ3v) is 5.02. The second kappa shape index (κ2) is 9.02. The van der Waals surface area contributed by atoms with Crippen LogP contribution in [0.15, 0.2) is 24.3 Å². The molecule has 2 rings (SSSR count). The van der Waals surface area contributed by atoms with Crippen LogP contribution in [0.3, 0.4) is 0 Å². The van der Waals surface area contributed by atoms with Crippen LogP contribution in [-0.2, 0) is 6.42 Å². The van der Waals surface area contributed by atoms with Crippen molar-refractivity contribution in [2.45, 2.75) is 39.2 Å².